The van der Waals surface area contributed by atoms with Gasteiger partial charge in [0.1, 0.15) is 18.9 Å². The first-order chi connectivity index (χ1) is 14.6. The number of carbonyl (C=O) groups is 1. The smallest absolute Gasteiger partial charge is 0.257 e. The number of nitrogens with zero attached hydrogens (tertiary/aromatic N) is 3. The number of methoxy groups -OCH3 is 1. The van der Waals surface area contributed by atoms with E-state index in [0.29, 0.717) is 43.3 Å². The zero-order valence-corrected chi connectivity index (χ0v) is 17.0. The number of alkyl halides is 2. The van der Waals surface area contributed by atoms with Crippen LogP contribution in [0.4, 0.5) is 8.78 Å². The van der Waals surface area contributed by atoms with Crippen LogP contribution >= 0.6 is 0 Å². The Balaban J connectivity index is 1.67. The zero-order valence-electron chi connectivity index (χ0n) is 17.0. The number of carbonyl (C=O) groups excluding carboxylic acids is 1. The van der Waals surface area contributed by atoms with Crippen LogP contribution in [-0.2, 0) is 11.3 Å². The van der Waals surface area contributed by atoms with Gasteiger partial charge in [-0.1, -0.05) is 12.8 Å². The molecule has 0 aliphatic heterocycles. The molecule has 164 valence electrons. The Morgan fingerprint density at radius 1 is 1.27 bits per heavy atom. The Morgan fingerprint density at radius 2 is 2.10 bits per heavy atom. The maximum atomic E-state index is 12.9. The number of ether oxygens (including phenoxy) is 3. The molecular weight excluding hydrogens is 396 g/mol. The summed E-state index contributed by atoms with van der Waals surface area (Å²) in [6, 6.07) is 3.35. The molecule has 1 aliphatic carbocycles. The van der Waals surface area contributed by atoms with Crippen molar-refractivity contribution in [2.75, 3.05) is 26.9 Å². The molecule has 3 rings (SSSR count). The molecule has 2 unspecified atom stereocenters. The first kappa shape index (κ1) is 22.1. The van der Waals surface area contributed by atoms with E-state index in [0.717, 1.165) is 31.4 Å². The third kappa shape index (κ3) is 5.75. The summed E-state index contributed by atoms with van der Waals surface area (Å²) >= 11 is 0. The number of hydrogen-bond donors (Lipinski definition) is 0. The van der Waals surface area contributed by atoms with Crippen molar-refractivity contribution in [2.24, 2.45) is 5.92 Å². The Kier molecular flexibility index (Phi) is 8.12. The van der Waals surface area contributed by atoms with Gasteiger partial charge in [-0.2, -0.15) is 5.10 Å². The minimum absolute atomic E-state index is 0.0873. The van der Waals surface area contributed by atoms with E-state index < -0.39 is 13.0 Å². The van der Waals surface area contributed by atoms with Crippen molar-refractivity contribution in [2.45, 2.75) is 44.6 Å². The predicted molar refractivity (Wildman–Crippen MR) is 105 cm³/mol. The summed E-state index contributed by atoms with van der Waals surface area (Å²) in [6.07, 6.45) is 5.21. The molecule has 0 radical (unpaired) electrons. The summed E-state index contributed by atoms with van der Waals surface area (Å²) in [4.78, 5) is 15.7. The predicted octanol–water partition coefficient (Wildman–Crippen LogP) is 3.73. The van der Waals surface area contributed by atoms with Crippen LogP contribution in [0.25, 0.3) is 0 Å². The van der Waals surface area contributed by atoms with Gasteiger partial charge in [-0.25, -0.2) is 13.8 Å². The minimum Gasteiger partial charge on any atom is -0.491 e. The highest BCUT2D eigenvalue weighted by atomic mass is 19.3. The first-order valence-electron chi connectivity index (χ1n) is 10.1. The van der Waals surface area contributed by atoms with Crippen LogP contribution in [0.3, 0.4) is 0 Å². The second kappa shape index (κ2) is 11.0. The van der Waals surface area contributed by atoms with Gasteiger partial charge in [0.2, 0.25) is 5.88 Å². The van der Waals surface area contributed by atoms with Crippen molar-refractivity contribution in [1.29, 1.82) is 0 Å². The SMILES string of the molecule is COCCOc1cc(C=O)c(OCC2CCCCC2c2ccnn2CC(F)F)cn1. The Hall–Kier alpha value is -2.55. The topological polar surface area (TPSA) is 75.5 Å². The van der Waals surface area contributed by atoms with Crippen molar-refractivity contribution in [3.8, 4) is 11.6 Å². The molecule has 0 spiro atoms. The van der Waals surface area contributed by atoms with Crippen LogP contribution in [0.2, 0.25) is 0 Å². The molecule has 0 bridgehead atoms. The first-order valence-corrected chi connectivity index (χ1v) is 10.1. The van der Waals surface area contributed by atoms with E-state index in [1.54, 1.807) is 13.3 Å². The van der Waals surface area contributed by atoms with Crippen LogP contribution in [-0.4, -0.2) is 54.4 Å². The normalized spacial score (nSPS) is 19.1. The van der Waals surface area contributed by atoms with Crippen molar-refractivity contribution in [3.63, 3.8) is 0 Å². The van der Waals surface area contributed by atoms with Crippen LogP contribution < -0.4 is 9.47 Å². The summed E-state index contributed by atoms with van der Waals surface area (Å²) in [7, 11) is 1.57. The van der Waals surface area contributed by atoms with Crippen molar-refractivity contribution >= 4 is 6.29 Å². The molecule has 9 heteroatoms. The molecule has 0 amide bonds. The van der Waals surface area contributed by atoms with Crippen LogP contribution in [0.1, 0.15) is 47.7 Å². The third-order valence-electron chi connectivity index (χ3n) is 5.34. The van der Waals surface area contributed by atoms with Crippen LogP contribution in [0.5, 0.6) is 11.6 Å². The number of aldehydes is 1. The quantitative estimate of drug-likeness (QED) is 0.405. The van der Waals surface area contributed by atoms with Gasteiger partial charge in [-0.3, -0.25) is 9.48 Å². The van der Waals surface area contributed by atoms with E-state index >= 15 is 0 Å². The molecule has 2 aromatic rings. The monoisotopic (exact) mass is 423 g/mol. The van der Waals surface area contributed by atoms with Gasteiger partial charge in [0.05, 0.1) is 25.0 Å². The minimum atomic E-state index is -2.45. The maximum absolute atomic E-state index is 12.9. The molecule has 0 aromatic carbocycles. The fourth-order valence-corrected chi connectivity index (χ4v) is 3.89. The van der Waals surface area contributed by atoms with Gasteiger partial charge < -0.3 is 14.2 Å². The van der Waals surface area contributed by atoms with Gasteiger partial charge in [0.15, 0.2) is 6.29 Å². The highest BCUT2D eigenvalue weighted by Crippen LogP contribution is 2.38. The lowest BCUT2D eigenvalue weighted by Crippen LogP contribution is -2.27. The number of hydrogen-bond acceptors (Lipinski definition) is 6. The van der Waals surface area contributed by atoms with Crippen LogP contribution in [0.15, 0.2) is 24.5 Å². The number of rotatable bonds is 11. The molecule has 1 aliphatic rings. The van der Waals surface area contributed by atoms with Gasteiger partial charge in [0.25, 0.3) is 6.43 Å². The molecule has 2 aromatic heterocycles. The summed E-state index contributed by atoms with van der Waals surface area (Å²) in [5, 5.41) is 4.07. The zero-order chi connectivity index (χ0) is 21.3. The Labute approximate surface area is 174 Å². The van der Waals surface area contributed by atoms with Crippen molar-refractivity contribution in [1.82, 2.24) is 14.8 Å². The molecule has 1 saturated carbocycles. The molecule has 2 atom stereocenters. The lowest BCUT2D eigenvalue weighted by Gasteiger charge is -2.32. The molecule has 30 heavy (non-hydrogen) atoms. The van der Waals surface area contributed by atoms with E-state index in [9.17, 15) is 13.6 Å². The number of halogens is 2. The summed E-state index contributed by atoms with van der Waals surface area (Å²) in [5.74, 6) is 0.941. The molecular formula is C21H27F2N3O4. The molecule has 0 N–H and O–H groups in total. The summed E-state index contributed by atoms with van der Waals surface area (Å²) in [5.41, 5.74) is 1.17. The fraction of sp³-hybridized carbons (Fsp3) is 0.571. The van der Waals surface area contributed by atoms with Gasteiger partial charge >= 0.3 is 0 Å². The number of aromatic nitrogens is 3. The molecule has 2 heterocycles. The van der Waals surface area contributed by atoms with Crippen molar-refractivity contribution in [3.05, 3.63) is 35.8 Å². The van der Waals surface area contributed by atoms with Gasteiger partial charge in [0, 0.05) is 36.9 Å². The Morgan fingerprint density at radius 3 is 2.87 bits per heavy atom. The lowest BCUT2D eigenvalue weighted by atomic mass is 9.78. The van der Waals surface area contributed by atoms with Crippen LogP contribution in [0, 0.1) is 5.92 Å². The highest BCUT2D eigenvalue weighted by Gasteiger charge is 2.30. The maximum Gasteiger partial charge on any atom is 0.257 e. The summed E-state index contributed by atoms with van der Waals surface area (Å²) < 4.78 is 43.5. The largest absolute Gasteiger partial charge is 0.491 e. The second-order valence-electron chi connectivity index (χ2n) is 7.31. The van der Waals surface area contributed by atoms with E-state index in [-0.39, 0.29) is 11.8 Å². The second-order valence-corrected chi connectivity index (χ2v) is 7.31. The fourth-order valence-electron chi connectivity index (χ4n) is 3.89. The van der Waals surface area contributed by atoms with E-state index in [2.05, 4.69) is 10.1 Å². The third-order valence-corrected chi connectivity index (χ3v) is 5.34. The van der Waals surface area contributed by atoms with Gasteiger partial charge in [-0.05, 0) is 18.9 Å². The van der Waals surface area contributed by atoms with E-state index in [1.165, 1.54) is 16.9 Å². The van der Waals surface area contributed by atoms with Gasteiger partial charge in [-0.15, -0.1) is 0 Å². The lowest BCUT2D eigenvalue weighted by molar-refractivity contribution is 0.111. The average molecular weight is 423 g/mol. The molecule has 1 fully saturated rings. The number of pyridine rings is 1. The van der Waals surface area contributed by atoms with E-state index in [4.69, 9.17) is 14.2 Å². The van der Waals surface area contributed by atoms with Crippen molar-refractivity contribution < 1.29 is 27.8 Å². The standard InChI is InChI=1S/C21H27F2N3O4/c1-28-8-9-29-21-10-16(13-27)19(11-24-21)30-14-15-4-2-3-5-17(15)18-6-7-25-26(18)12-20(22)23/h6-7,10-11,13,15,17,20H,2-5,8-9,12,14H2,1H3. The highest BCUT2D eigenvalue weighted by molar-refractivity contribution is 5.79. The molecule has 0 saturated heterocycles. The molecule has 7 nitrogen and oxygen atoms in total. The summed E-state index contributed by atoms with van der Waals surface area (Å²) in [6.45, 7) is 0.715. The Bertz CT molecular complexity index is 815. The average Bonchev–Trinajstić information content (AvgIpc) is 3.20. The van der Waals surface area contributed by atoms with E-state index in [1.807, 2.05) is 6.07 Å².